The summed E-state index contributed by atoms with van der Waals surface area (Å²) in [6.07, 6.45) is 5.22. The van der Waals surface area contributed by atoms with Crippen molar-refractivity contribution < 1.29 is 9.47 Å². The van der Waals surface area contributed by atoms with Crippen LogP contribution < -0.4 is 15.2 Å². The highest BCUT2D eigenvalue weighted by molar-refractivity contribution is 5.82. The van der Waals surface area contributed by atoms with E-state index in [1.165, 1.54) is 0 Å². The predicted octanol–water partition coefficient (Wildman–Crippen LogP) is 2.84. The average Bonchev–Trinajstić information content (AvgIpc) is 3.07. The summed E-state index contributed by atoms with van der Waals surface area (Å²) in [6.45, 7) is 1.11. The smallest absolute Gasteiger partial charge is 0.163 e. The summed E-state index contributed by atoms with van der Waals surface area (Å²) in [7, 11) is 0. The predicted molar refractivity (Wildman–Crippen MR) is 97.5 cm³/mol. The number of anilines is 1. The molecule has 0 radical (unpaired) electrons. The molecule has 1 aliphatic heterocycles. The SMILES string of the molecule is Nc1ccc(-c2nc3cnccc3n2-c2ccc3c(c2)OCCO3)cn1. The van der Waals surface area contributed by atoms with Gasteiger partial charge in [-0.15, -0.1) is 0 Å². The van der Waals surface area contributed by atoms with Gasteiger partial charge in [0.05, 0.1) is 17.4 Å². The zero-order valence-electron chi connectivity index (χ0n) is 13.8. The van der Waals surface area contributed by atoms with Gasteiger partial charge in [0.25, 0.3) is 0 Å². The number of pyridine rings is 2. The lowest BCUT2D eigenvalue weighted by molar-refractivity contribution is 0.171. The van der Waals surface area contributed by atoms with Gasteiger partial charge in [-0.2, -0.15) is 0 Å². The molecule has 0 aliphatic carbocycles. The van der Waals surface area contributed by atoms with Crippen LogP contribution in [0, 0.1) is 0 Å². The number of hydrogen-bond donors (Lipinski definition) is 1. The van der Waals surface area contributed by atoms with Crippen molar-refractivity contribution in [3.8, 4) is 28.6 Å². The van der Waals surface area contributed by atoms with Gasteiger partial charge in [0.15, 0.2) is 11.5 Å². The molecule has 0 atom stereocenters. The van der Waals surface area contributed by atoms with Gasteiger partial charge in [-0.3, -0.25) is 9.55 Å². The first-order valence-electron chi connectivity index (χ1n) is 8.24. The van der Waals surface area contributed by atoms with Gasteiger partial charge >= 0.3 is 0 Å². The summed E-state index contributed by atoms with van der Waals surface area (Å²) in [4.78, 5) is 13.1. The van der Waals surface area contributed by atoms with Gasteiger partial charge in [0, 0.05) is 24.0 Å². The molecular weight excluding hydrogens is 330 g/mol. The molecule has 1 aliphatic rings. The summed E-state index contributed by atoms with van der Waals surface area (Å²) in [5.74, 6) is 2.71. The standard InChI is InChI=1S/C19H15N5O2/c20-18-4-1-12(10-22-18)19-23-14-11-21-6-5-15(14)24(19)13-2-3-16-17(9-13)26-8-7-25-16/h1-6,9-11H,7-8H2,(H2,20,22). The fourth-order valence-corrected chi connectivity index (χ4v) is 3.10. The topological polar surface area (TPSA) is 88.1 Å². The van der Waals surface area contributed by atoms with Crippen LogP contribution in [0.2, 0.25) is 0 Å². The summed E-state index contributed by atoms with van der Waals surface area (Å²) in [5, 5.41) is 0. The van der Waals surface area contributed by atoms with Crippen LogP contribution in [0.3, 0.4) is 0 Å². The maximum absolute atomic E-state index is 5.74. The molecule has 0 unspecified atom stereocenters. The second kappa shape index (κ2) is 5.73. The number of nitrogens with zero attached hydrogens (tertiary/aromatic N) is 4. The van der Waals surface area contributed by atoms with Crippen LogP contribution in [0.5, 0.6) is 11.5 Å². The molecule has 4 aromatic rings. The maximum Gasteiger partial charge on any atom is 0.163 e. The summed E-state index contributed by atoms with van der Waals surface area (Å²) >= 11 is 0. The molecule has 0 fully saturated rings. The Labute approximate surface area is 149 Å². The number of fused-ring (bicyclic) bond motifs is 2. The molecule has 0 amide bonds. The Morgan fingerprint density at radius 2 is 1.85 bits per heavy atom. The first kappa shape index (κ1) is 14.7. The van der Waals surface area contributed by atoms with E-state index in [2.05, 4.69) is 14.5 Å². The monoisotopic (exact) mass is 345 g/mol. The number of nitrogens with two attached hydrogens (primary N) is 1. The second-order valence-corrected chi connectivity index (χ2v) is 5.93. The molecule has 0 saturated carbocycles. The number of rotatable bonds is 2. The molecule has 5 rings (SSSR count). The van der Waals surface area contributed by atoms with Gasteiger partial charge in [-0.1, -0.05) is 0 Å². The summed E-state index contributed by atoms with van der Waals surface area (Å²) in [5.41, 5.74) is 9.27. The molecule has 1 aromatic carbocycles. The third-order valence-corrected chi connectivity index (χ3v) is 4.29. The number of benzene rings is 1. The maximum atomic E-state index is 5.74. The van der Waals surface area contributed by atoms with Crippen LogP contribution in [0.4, 0.5) is 5.82 Å². The van der Waals surface area contributed by atoms with Crippen molar-refractivity contribution in [1.29, 1.82) is 0 Å². The van der Waals surface area contributed by atoms with Crippen molar-refractivity contribution in [3.05, 3.63) is 55.0 Å². The molecule has 26 heavy (non-hydrogen) atoms. The molecule has 0 spiro atoms. The molecule has 0 bridgehead atoms. The highest BCUT2D eigenvalue weighted by Gasteiger charge is 2.18. The van der Waals surface area contributed by atoms with Crippen LogP contribution in [0.15, 0.2) is 55.0 Å². The summed E-state index contributed by atoms with van der Waals surface area (Å²) < 4.78 is 13.4. The largest absolute Gasteiger partial charge is 0.486 e. The minimum atomic E-state index is 0.470. The third-order valence-electron chi connectivity index (χ3n) is 4.29. The van der Waals surface area contributed by atoms with Gasteiger partial charge in [0.1, 0.15) is 30.4 Å². The van der Waals surface area contributed by atoms with Crippen molar-refractivity contribution in [2.75, 3.05) is 18.9 Å². The number of aromatic nitrogens is 4. The van der Waals surface area contributed by atoms with Gasteiger partial charge in [-0.05, 0) is 30.3 Å². The lowest BCUT2D eigenvalue weighted by Crippen LogP contribution is -2.15. The van der Waals surface area contributed by atoms with Crippen LogP contribution in [-0.2, 0) is 0 Å². The van der Waals surface area contributed by atoms with Crippen LogP contribution in [-0.4, -0.2) is 32.7 Å². The Morgan fingerprint density at radius 3 is 2.69 bits per heavy atom. The zero-order valence-corrected chi connectivity index (χ0v) is 13.8. The summed E-state index contributed by atoms with van der Waals surface area (Å²) in [6, 6.07) is 11.5. The zero-order chi connectivity index (χ0) is 17.5. The number of hydrogen-bond acceptors (Lipinski definition) is 6. The van der Waals surface area contributed by atoms with Crippen molar-refractivity contribution in [3.63, 3.8) is 0 Å². The van der Waals surface area contributed by atoms with E-state index in [9.17, 15) is 0 Å². The van der Waals surface area contributed by atoms with E-state index in [0.717, 1.165) is 39.6 Å². The fraction of sp³-hybridized carbons (Fsp3) is 0.105. The molecule has 7 nitrogen and oxygen atoms in total. The Morgan fingerprint density at radius 1 is 0.962 bits per heavy atom. The lowest BCUT2D eigenvalue weighted by Gasteiger charge is -2.19. The first-order chi connectivity index (χ1) is 12.8. The van der Waals surface area contributed by atoms with Crippen molar-refractivity contribution >= 4 is 16.9 Å². The molecule has 3 aromatic heterocycles. The van der Waals surface area contributed by atoms with Crippen LogP contribution >= 0.6 is 0 Å². The van der Waals surface area contributed by atoms with E-state index in [4.69, 9.17) is 20.2 Å². The Hall–Kier alpha value is -3.61. The normalized spacial score (nSPS) is 13.1. The highest BCUT2D eigenvalue weighted by Crippen LogP contribution is 2.35. The second-order valence-electron chi connectivity index (χ2n) is 5.93. The number of ether oxygens (including phenoxy) is 2. The molecule has 4 heterocycles. The van der Waals surface area contributed by atoms with Crippen molar-refractivity contribution in [2.24, 2.45) is 0 Å². The minimum Gasteiger partial charge on any atom is -0.486 e. The van der Waals surface area contributed by atoms with Gasteiger partial charge < -0.3 is 15.2 Å². The number of nitrogen functional groups attached to an aromatic ring is 1. The van der Waals surface area contributed by atoms with Gasteiger partial charge in [0.2, 0.25) is 0 Å². The molecule has 7 heteroatoms. The van der Waals surface area contributed by atoms with Gasteiger partial charge in [-0.25, -0.2) is 9.97 Å². The van der Waals surface area contributed by atoms with Crippen molar-refractivity contribution in [1.82, 2.24) is 19.5 Å². The minimum absolute atomic E-state index is 0.470. The highest BCUT2D eigenvalue weighted by atomic mass is 16.6. The Bertz CT molecular complexity index is 1100. The Balaban J connectivity index is 1.76. The average molecular weight is 345 g/mol. The van der Waals surface area contributed by atoms with E-state index in [1.807, 2.05) is 30.3 Å². The third kappa shape index (κ3) is 2.33. The van der Waals surface area contributed by atoms with E-state index in [0.29, 0.717) is 19.0 Å². The first-order valence-corrected chi connectivity index (χ1v) is 8.24. The Kier molecular flexibility index (Phi) is 3.24. The van der Waals surface area contributed by atoms with Crippen LogP contribution in [0.25, 0.3) is 28.1 Å². The van der Waals surface area contributed by atoms with E-state index >= 15 is 0 Å². The van der Waals surface area contributed by atoms with Crippen molar-refractivity contribution in [2.45, 2.75) is 0 Å². The molecule has 2 N–H and O–H groups in total. The van der Waals surface area contributed by atoms with E-state index < -0.39 is 0 Å². The molecular formula is C19H15N5O2. The molecule has 128 valence electrons. The van der Waals surface area contributed by atoms with Crippen LogP contribution in [0.1, 0.15) is 0 Å². The van der Waals surface area contributed by atoms with E-state index in [1.54, 1.807) is 24.7 Å². The fourth-order valence-electron chi connectivity index (χ4n) is 3.10. The number of imidazole rings is 1. The quantitative estimate of drug-likeness (QED) is 0.601. The van der Waals surface area contributed by atoms with E-state index in [-0.39, 0.29) is 0 Å². The lowest BCUT2D eigenvalue weighted by atomic mass is 10.2. The molecule has 0 saturated heterocycles.